The van der Waals surface area contributed by atoms with Crippen molar-refractivity contribution >= 4 is 27.5 Å². The summed E-state index contributed by atoms with van der Waals surface area (Å²) in [4.78, 5) is 30.6. The number of rotatable bonds is 6. The number of benzene rings is 1. The minimum absolute atomic E-state index is 0.00212. The summed E-state index contributed by atoms with van der Waals surface area (Å²) in [5, 5.41) is 0.422. The van der Waals surface area contributed by atoms with Gasteiger partial charge in [-0.1, -0.05) is 24.6 Å². The van der Waals surface area contributed by atoms with Crippen molar-refractivity contribution < 1.29 is 17.9 Å². The fraction of sp³-hybridized carbons (Fsp3) is 0.500. The van der Waals surface area contributed by atoms with Crippen LogP contribution >= 0.6 is 11.6 Å². The van der Waals surface area contributed by atoms with E-state index in [0.717, 1.165) is 16.7 Å². The van der Waals surface area contributed by atoms with Crippen molar-refractivity contribution in [2.75, 3.05) is 33.0 Å². The van der Waals surface area contributed by atoms with Crippen LogP contribution in [0.2, 0.25) is 5.02 Å². The molecule has 0 spiro atoms. The quantitative estimate of drug-likeness (QED) is 0.648. The molecule has 1 N–H and O–H groups in total. The number of halogens is 1. The Labute approximate surface area is 204 Å². The van der Waals surface area contributed by atoms with Crippen molar-refractivity contribution in [3.63, 3.8) is 0 Å². The average molecular weight is 508 g/mol. The van der Waals surface area contributed by atoms with Crippen LogP contribution in [0.15, 0.2) is 16.9 Å². The van der Waals surface area contributed by atoms with Crippen LogP contribution in [-0.2, 0) is 23.0 Å². The van der Waals surface area contributed by atoms with Gasteiger partial charge in [-0.05, 0) is 54.9 Å². The second kappa shape index (κ2) is 9.02. The summed E-state index contributed by atoms with van der Waals surface area (Å²) in [5.74, 6) is 0.370. The standard InChI is InChI=1S/C24H30ClN3O5S/c1-13-8-18(15(3)16-10-28(11-16)34(5,31)32)22(25)21-17(13)6-7-27(24(21)30)12-19-20(33-4)9-14(2)26-23(19)29/h8-9,15-16H,6-7,10-12H2,1-5H3,(H,26,29). The molecule has 8 nitrogen and oxygen atoms in total. The first kappa shape index (κ1) is 24.8. The lowest BCUT2D eigenvalue weighted by Gasteiger charge is -2.41. The number of aromatic nitrogens is 1. The van der Waals surface area contributed by atoms with Crippen LogP contribution in [-0.4, -0.2) is 61.5 Å². The number of hydrogen-bond donors (Lipinski definition) is 1. The van der Waals surface area contributed by atoms with Gasteiger partial charge in [-0.3, -0.25) is 9.59 Å². The molecule has 1 aromatic heterocycles. The number of hydrogen-bond acceptors (Lipinski definition) is 5. The third-order valence-electron chi connectivity index (χ3n) is 7.10. The second-order valence-electron chi connectivity index (χ2n) is 9.38. The normalized spacial score (nSPS) is 17.9. The summed E-state index contributed by atoms with van der Waals surface area (Å²) in [6.45, 7) is 7.27. The Hall–Kier alpha value is -2.36. The van der Waals surface area contributed by atoms with E-state index in [1.165, 1.54) is 17.7 Å². The monoisotopic (exact) mass is 507 g/mol. The maximum absolute atomic E-state index is 13.6. The molecule has 1 unspecified atom stereocenters. The lowest BCUT2D eigenvalue weighted by atomic mass is 9.80. The molecule has 2 aliphatic heterocycles. The molecule has 1 saturated heterocycles. The third kappa shape index (κ3) is 4.36. The van der Waals surface area contributed by atoms with Gasteiger partial charge in [-0.2, -0.15) is 0 Å². The van der Waals surface area contributed by atoms with Crippen molar-refractivity contribution in [1.29, 1.82) is 0 Å². The number of pyridine rings is 1. The molecule has 34 heavy (non-hydrogen) atoms. The zero-order chi connectivity index (χ0) is 24.9. The number of amides is 1. The van der Waals surface area contributed by atoms with Crippen molar-refractivity contribution in [2.24, 2.45) is 5.92 Å². The van der Waals surface area contributed by atoms with Gasteiger partial charge in [0.1, 0.15) is 5.75 Å². The van der Waals surface area contributed by atoms with E-state index < -0.39 is 10.0 Å². The maximum atomic E-state index is 13.6. The highest BCUT2D eigenvalue weighted by Crippen LogP contribution is 2.41. The molecular formula is C24H30ClN3O5S. The molecule has 2 aliphatic rings. The van der Waals surface area contributed by atoms with Crippen LogP contribution in [0, 0.1) is 19.8 Å². The molecule has 4 rings (SSSR count). The summed E-state index contributed by atoms with van der Waals surface area (Å²) in [6, 6.07) is 3.78. The highest BCUT2D eigenvalue weighted by Gasteiger charge is 2.39. The number of fused-ring (bicyclic) bond motifs is 1. The number of nitrogens with one attached hydrogen (secondary N) is 1. The van der Waals surface area contributed by atoms with Crippen molar-refractivity contribution in [2.45, 2.75) is 39.7 Å². The zero-order valence-electron chi connectivity index (χ0n) is 20.1. The van der Waals surface area contributed by atoms with Crippen LogP contribution in [0.1, 0.15) is 51.1 Å². The molecule has 1 aromatic carbocycles. The Morgan fingerprint density at radius 3 is 2.53 bits per heavy atom. The summed E-state index contributed by atoms with van der Waals surface area (Å²) >= 11 is 6.85. The average Bonchev–Trinajstić information content (AvgIpc) is 2.71. The number of methoxy groups -OCH3 is 1. The summed E-state index contributed by atoms with van der Waals surface area (Å²) < 4.78 is 30.4. The van der Waals surface area contributed by atoms with E-state index in [0.29, 0.717) is 53.6 Å². The van der Waals surface area contributed by atoms with Gasteiger partial charge < -0.3 is 14.6 Å². The van der Waals surface area contributed by atoms with E-state index in [1.807, 2.05) is 19.9 Å². The molecule has 0 radical (unpaired) electrons. The van der Waals surface area contributed by atoms with Gasteiger partial charge in [-0.15, -0.1) is 0 Å². The summed E-state index contributed by atoms with van der Waals surface area (Å²) in [7, 11) is -1.70. The van der Waals surface area contributed by atoms with Gasteiger partial charge in [-0.25, -0.2) is 12.7 Å². The van der Waals surface area contributed by atoms with Crippen molar-refractivity contribution in [3.8, 4) is 5.75 Å². The first-order chi connectivity index (χ1) is 15.9. The van der Waals surface area contributed by atoms with Gasteiger partial charge >= 0.3 is 0 Å². The largest absolute Gasteiger partial charge is 0.496 e. The van der Waals surface area contributed by atoms with Gasteiger partial charge in [0.05, 0.1) is 36.1 Å². The fourth-order valence-corrected chi connectivity index (χ4v) is 6.26. The number of H-pyrrole nitrogens is 1. The highest BCUT2D eigenvalue weighted by molar-refractivity contribution is 7.88. The number of aromatic amines is 1. The van der Waals surface area contributed by atoms with E-state index in [9.17, 15) is 18.0 Å². The van der Waals surface area contributed by atoms with E-state index in [4.69, 9.17) is 16.3 Å². The third-order valence-corrected chi connectivity index (χ3v) is 8.74. The van der Waals surface area contributed by atoms with Crippen LogP contribution in [0.3, 0.4) is 0 Å². The Balaban J connectivity index is 1.64. The molecule has 0 saturated carbocycles. The first-order valence-electron chi connectivity index (χ1n) is 11.2. The fourth-order valence-electron chi connectivity index (χ4n) is 4.91. The molecule has 184 valence electrons. The van der Waals surface area contributed by atoms with Crippen LogP contribution in [0.5, 0.6) is 5.75 Å². The minimum Gasteiger partial charge on any atom is -0.496 e. The molecule has 10 heteroatoms. The second-order valence-corrected chi connectivity index (χ2v) is 11.7. The van der Waals surface area contributed by atoms with Gasteiger partial charge in [0.2, 0.25) is 10.0 Å². The molecular weight excluding hydrogens is 478 g/mol. The molecule has 1 fully saturated rings. The minimum atomic E-state index is -3.20. The lowest BCUT2D eigenvalue weighted by Crippen LogP contribution is -2.51. The van der Waals surface area contributed by atoms with Gasteiger partial charge in [0, 0.05) is 25.3 Å². The van der Waals surface area contributed by atoms with Crippen LogP contribution in [0.4, 0.5) is 0 Å². The predicted molar refractivity (Wildman–Crippen MR) is 131 cm³/mol. The van der Waals surface area contributed by atoms with Crippen molar-refractivity contribution in [1.82, 2.24) is 14.2 Å². The molecule has 3 heterocycles. The van der Waals surface area contributed by atoms with Crippen molar-refractivity contribution in [3.05, 3.63) is 61.0 Å². The SMILES string of the molecule is COc1cc(C)[nH]c(=O)c1CN1CCc2c(C)cc(C(C)C3CN(S(C)(=O)=O)C3)c(Cl)c2C1=O. The number of ether oxygens (including phenoxy) is 1. The molecule has 2 aromatic rings. The van der Waals surface area contributed by atoms with E-state index in [1.54, 1.807) is 17.9 Å². The van der Waals surface area contributed by atoms with Crippen LogP contribution in [0.25, 0.3) is 0 Å². The number of sulfonamides is 1. The van der Waals surface area contributed by atoms with Crippen LogP contribution < -0.4 is 10.3 Å². The topological polar surface area (TPSA) is 99.8 Å². The predicted octanol–water partition coefficient (Wildman–Crippen LogP) is 2.85. The zero-order valence-corrected chi connectivity index (χ0v) is 21.6. The summed E-state index contributed by atoms with van der Waals surface area (Å²) in [5.41, 5.74) is 4.08. The van der Waals surface area contributed by atoms with E-state index >= 15 is 0 Å². The smallest absolute Gasteiger partial charge is 0.256 e. The highest BCUT2D eigenvalue weighted by atomic mass is 35.5. The molecule has 0 bridgehead atoms. The summed E-state index contributed by atoms with van der Waals surface area (Å²) in [6.07, 6.45) is 1.85. The molecule has 0 aliphatic carbocycles. The van der Waals surface area contributed by atoms with E-state index in [-0.39, 0.29) is 29.8 Å². The first-order valence-corrected chi connectivity index (χ1v) is 13.5. The number of carbonyl (C=O) groups is 1. The Kier molecular flexibility index (Phi) is 6.56. The number of nitrogens with zero attached hydrogens (tertiary/aromatic N) is 2. The molecule has 1 atom stereocenters. The number of aryl methyl sites for hydroxylation is 2. The Morgan fingerprint density at radius 1 is 1.24 bits per heavy atom. The van der Waals surface area contributed by atoms with E-state index in [2.05, 4.69) is 4.98 Å². The Morgan fingerprint density at radius 2 is 1.91 bits per heavy atom. The van der Waals surface area contributed by atoms with Gasteiger partial charge in [0.25, 0.3) is 11.5 Å². The van der Waals surface area contributed by atoms with Gasteiger partial charge in [0.15, 0.2) is 0 Å². The number of carbonyl (C=O) groups excluding carboxylic acids is 1. The molecule has 1 amide bonds. The Bertz CT molecular complexity index is 1310. The lowest BCUT2D eigenvalue weighted by molar-refractivity contribution is 0.0724. The maximum Gasteiger partial charge on any atom is 0.256 e.